The second-order valence-corrected chi connectivity index (χ2v) is 9.56. The third-order valence-electron chi connectivity index (χ3n) is 6.67. The summed E-state index contributed by atoms with van der Waals surface area (Å²) in [6.07, 6.45) is 9.36. The SMILES string of the molecule is c1ccc(Cn2cccc2-c2nc(Nc3ccc(-n4cccn4)cc3)nc(Nc3ccc(-n4cccn4)cc3)n2)cc1. The maximum absolute atomic E-state index is 4.81. The molecular weight excluding hydrogens is 524 g/mol. The van der Waals surface area contributed by atoms with Crippen LogP contribution in [0.5, 0.6) is 0 Å². The minimum absolute atomic E-state index is 0.426. The third-order valence-corrected chi connectivity index (χ3v) is 6.67. The first-order valence-electron chi connectivity index (χ1n) is 13.5. The Bertz CT molecular complexity index is 1780. The molecule has 0 radical (unpaired) electrons. The summed E-state index contributed by atoms with van der Waals surface area (Å²) in [5.74, 6) is 1.40. The van der Waals surface area contributed by atoms with Crippen LogP contribution in [0, 0.1) is 0 Å². The molecule has 7 rings (SSSR count). The van der Waals surface area contributed by atoms with Gasteiger partial charge in [-0.1, -0.05) is 30.3 Å². The summed E-state index contributed by atoms with van der Waals surface area (Å²) in [5.41, 5.74) is 5.68. The Morgan fingerprint density at radius 1 is 0.524 bits per heavy atom. The average Bonchev–Trinajstić information content (AvgIpc) is 3.83. The van der Waals surface area contributed by atoms with E-state index in [0.29, 0.717) is 24.3 Å². The molecule has 4 aromatic heterocycles. The first-order chi connectivity index (χ1) is 20.8. The van der Waals surface area contributed by atoms with Crippen molar-refractivity contribution in [3.05, 3.63) is 140 Å². The highest BCUT2D eigenvalue weighted by Crippen LogP contribution is 2.24. The maximum atomic E-state index is 4.81. The molecule has 4 heterocycles. The highest BCUT2D eigenvalue weighted by Gasteiger charge is 2.14. The molecule has 0 unspecified atom stereocenters. The fraction of sp³-hybridized carbons (Fsp3) is 0.0312. The van der Waals surface area contributed by atoms with E-state index in [-0.39, 0.29) is 0 Å². The highest BCUT2D eigenvalue weighted by atomic mass is 15.3. The molecule has 10 heteroatoms. The Labute approximate surface area is 242 Å². The van der Waals surface area contributed by atoms with E-state index < -0.39 is 0 Å². The van der Waals surface area contributed by atoms with Crippen molar-refractivity contribution >= 4 is 23.3 Å². The number of nitrogens with zero attached hydrogens (tertiary/aromatic N) is 8. The lowest BCUT2D eigenvalue weighted by Crippen LogP contribution is -2.08. The molecule has 204 valence electrons. The lowest BCUT2D eigenvalue weighted by atomic mass is 10.2. The summed E-state index contributed by atoms with van der Waals surface area (Å²) < 4.78 is 5.76. The molecule has 7 aromatic rings. The third kappa shape index (κ3) is 5.50. The molecule has 0 saturated carbocycles. The summed E-state index contributed by atoms with van der Waals surface area (Å²) >= 11 is 0. The summed E-state index contributed by atoms with van der Waals surface area (Å²) in [6.45, 7) is 0.699. The molecule has 0 aliphatic rings. The summed E-state index contributed by atoms with van der Waals surface area (Å²) in [6, 6.07) is 34.0. The van der Waals surface area contributed by atoms with E-state index in [0.717, 1.165) is 28.4 Å². The molecule has 0 amide bonds. The molecule has 10 nitrogen and oxygen atoms in total. The van der Waals surface area contributed by atoms with Crippen LogP contribution >= 0.6 is 0 Å². The summed E-state index contributed by atoms with van der Waals surface area (Å²) in [5, 5.41) is 15.3. The van der Waals surface area contributed by atoms with E-state index in [9.17, 15) is 0 Å². The topological polar surface area (TPSA) is 103 Å². The predicted octanol–water partition coefficient (Wildman–Crippen LogP) is 6.25. The van der Waals surface area contributed by atoms with E-state index in [1.54, 1.807) is 12.4 Å². The van der Waals surface area contributed by atoms with Crippen LogP contribution in [0.15, 0.2) is 134 Å². The van der Waals surface area contributed by atoms with Gasteiger partial charge in [0.25, 0.3) is 0 Å². The van der Waals surface area contributed by atoms with Crippen molar-refractivity contribution in [1.82, 2.24) is 39.1 Å². The number of hydrogen-bond acceptors (Lipinski definition) is 7. The maximum Gasteiger partial charge on any atom is 0.232 e. The van der Waals surface area contributed by atoms with Gasteiger partial charge in [0.05, 0.1) is 17.1 Å². The Kier molecular flexibility index (Phi) is 6.67. The first-order valence-corrected chi connectivity index (χ1v) is 13.5. The Balaban J connectivity index is 1.20. The van der Waals surface area contributed by atoms with E-state index >= 15 is 0 Å². The fourth-order valence-electron chi connectivity index (χ4n) is 4.63. The zero-order valence-corrected chi connectivity index (χ0v) is 22.5. The van der Waals surface area contributed by atoms with Gasteiger partial charge in [0.1, 0.15) is 0 Å². The molecule has 3 aromatic carbocycles. The fourth-order valence-corrected chi connectivity index (χ4v) is 4.63. The van der Waals surface area contributed by atoms with Crippen LogP contribution in [0.3, 0.4) is 0 Å². The van der Waals surface area contributed by atoms with Gasteiger partial charge in [0.15, 0.2) is 5.82 Å². The van der Waals surface area contributed by atoms with Crippen molar-refractivity contribution in [2.24, 2.45) is 0 Å². The smallest absolute Gasteiger partial charge is 0.232 e. The van der Waals surface area contributed by atoms with Crippen molar-refractivity contribution in [1.29, 1.82) is 0 Å². The van der Waals surface area contributed by atoms with E-state index in [2.05, 4.69) is 37.5 Å². The standard InChI is InChI=1S/C32H26N10/c1-2-7-24(8-3-1)23-40-20-4-9-29(40)30-37-31(35-25-10-14-27(15-11-25)41-21-5-18-33-41)39-32(38-30)36-26-12-16-28(17-13-26)42-22-6-19-34-42/h1-22H,23H2,(H2,35,36,37,38,39). The Morgan fingerprint density at radius 2 is 1.10 bits per heavy atom. The van der Waals surface area contributed by atoms with Gasteiger partial charge in [-0.3, -0.25) is 0 Å². The van der Waals surface area contributed by atoms with Crippen molar-refractivity contribution < 1.29 is 0 Å². The van der Waals surface area contributed by atoms with Gasteiger partial charge in [-0.15, -0.1) is 0 Å². The monoisotopic (exact) mass is 550 g/mol. The first kappa shape index (κ1) is 25.0. The van der Waals surface area contributed by atoms with Gasteiger partial charge in [0.2, 0.25) is 11.9 Å². The quantitative estimate of drug-likeness (QED) is 0.219. The van der Waals surface area contributed by atoms with E-state index in [1.807, 2.05) is 119 Å². The van der Waals surface area contributed by atoms with E-state index in [1.165, 1.54) is 5.56 Å². The zero-order valence-electron chi connectivity index (χ0n) is 22.5. The van der Waals surface area contributed by atoms with Crippen LogP contribution in [0.4, 0.5) is 23.3 Å². The van der Waals surface area contributed by atoms with Gasteiger partial charge in [0, 0.05) is 48.9 Å². The molecule has 42 heavy (non-hydrogen) atoms. The number of aromatic nitrogens is 8. The summed E-state index contributed by atoms with van der Waals surface area (Å²) in [7, 11) is 0. The second kappa shape index (κ2) is 11.2. The number of hydrogen-bond donors (Lipinski definition) is 2. The van der Waals surface area contributed by atoms with Crippen molar-refractivity contribution in [2.75, 3.05) is 10.6 Å². The van der Waals surface area contributed by atoms with Crippen molar-refractivity contribution in [3.8, 4) is 22.9 Å². The van der Waals surface area contributed by atoms with Crippen LogP contribution in [-0.4, -0.2) is 39.1 Å². The Hall–Kier alpha value is -6.03. The largest absolute Gasteiger partial charge is 0.341 e. The Morgan fingerprint density at radius 3 is 1.62 bits per heavy atom. The minimum Gasteiger partial charge on any atom is -0.341 e. The molecule has 0 spiro atoms. The van der Waals surface area contributed by atoms with Crippen LogP contribution in [0.1, 0.15) is 5.56 Å². The van der Waals surface area contributed by atoms with Gasteiger partial charge in [-0.2, -0.15) is 25.1 Å². The molecule has 2 N–H and O–H groups in total. The zero-order chi connectivity index (χ0) is 28.1. The lowest BCUT2D eigenvalue weighted by Gasteiger charge is -2.13. The molecule has 0 saturated heterocycles. The molecular formula is C32H26N10. The predicted molar refractivity (Wildman–Crippen MR) is 162 cm³/mol. The minimum atomic E-state index is 0.426. The number of rotatable bonds is 9. The lowest BCUT2D eigenvalue weighted by molar-refractivity contribution is 0.806. The van der Waals surface area contributed by atoms with Crippen LogP contribution in [-0.2, 0) is 6.54 Å². The van der Waals surface area contributed by atoms with E-state index in [4.69, 9.17) is 15.0 Å². The number of benzene rings is 3. The van der Waals surface area contributed by atoms with Gasteiger partial charge in [-0.25, -0.2) is 9.36 Å². The van der Waals surface area contributed by atoms with Gasteiger partial charge < -0.3 is 15.2 Å². The van der Waals surface area contributed by atoms with Crippen LogP contribution in [0.2, 0.25) is 0 Å². The number of nitrogens with one attached hydrogen (secondary N) is 2. The molecule has 0 fully saturated rings. The second-order valence-electron chi connectivity index (χ2n) is 9.56. The summed E-state index contributed by atoms with van der Waals surface area (Å²) in [4.78, 5) is 14.3. The highest BCUT2D eigenvalue weighted by molar-refractivity contribution is 5.63. The molecule has 0 aliphatic heterocycles. The van der Waals surface area contributed by atoms with Gasteiger partial charge >= 0.3 is 0 Å². The number of anilines is 4. The molecule has 0 aliphatic carbocycles. The average molecular weight is 551 g/mol. The van der Waals surface area contributed by atoms with Crippen molar-refractivity contribution in [3.63, 3.8) is 0 Å². The normalized spacial score (nSPS) is 11.0. The molecule has 0 atom stereocenters. The van der Waals surface area contributed by atoms with Crippen LogP contribution in [0.25, 0.3) is 22.9 Å². The molecule has 0 bridgehead atoms. The van der Waals surface area contributed by atoms with Gasteiger partial charge in [-0.05, 0) is 78.4 Å². The van der Waals surface area contributed by atoms with Crippen LogP contribution < -0.4 is 10.6 Å². The van der Waals surface area contributed by atoms with Crippen molar-refractivity contribution in [2.45, 2.75) is 6.54 Å².